The second kappa shape index (κ2) is 21.8. The van der Waals surface area contributed by atoms with Gasteiger partial charge in [0.2, 0.25) is 12.4 Å². The topological polar surface area (TPSA) is 53.5 Å². The van der Waals surface area contributed by atoms with Crippen LogP contribution < -0.4 is 29.8 Å². The SMILES string of the molecule is CC.CCCCCCCCCCCCN(CCNc1cc[n+](OC)c2cc(Cl)ccc12)CCNc1cc[n+](OC)c2cc(Cl)ccc12. The summed E-state index contributed by atoms with van der Waals surface area (Å²) in [6.07, 6.45) is 17.3. The number of aromatic nitrogens is 2. The highest BCUT2D eigenvalue weighted by molar-refractivity contribution is 6.31. The van der Waals surface area contributed by atoms with Crippen molar-refractivity contribution in [1.82, 2.24) is 4.90 Å². The molecule has 0 atom stereocenters. The highest BCUT2D eigenvalue weighted by Gasteiger charge is 2.16. The van der Waals surface area contributed by atoms with Crippen LogP contribution in [0, 0.1) is 0 Å². The number of nitrogens with one attached hydrogen (secondary N) is 2. The minimum absolute atomic E-state index is 0.687. The van der Waals surface area contributed by atoms with E-state index in [0.29, 0.717) is 10.0 Å². The number of fused-ring (bicyclic) bond motifs is 2. The summed E-state index contributed by atoms with van der Waals surface area (Å²) in [5.74, 6) is 0. The summed E-state index contributed by atoms with van der Waals surface area (Å²) in [4.78, 5) is 13.6. The van der Waals surface area contributed by atoms with Crippen LogP contribution in [0.1, 0.15) is 85.0 Å². The highest BCUT2D eigenvalue weighted by atomic mass is 35.5. The molecule has 0 aliphatic heterocycles. The molecule has 0 radical (unpaired) electrons. The smallest absolute Gasteiger partial charge is 0.268 e. The molecule has 4 rings (SSSR count). The lowest BCUT2D eigenvalue weighted by molar-refractivity contribution is -0.865. The molecule has 2 aromatic carbocycles. The van der Waals surface area contributed by atoms with Crippen molar-refractivity contribution in [2.24, 2.45) is 0 Å². The van der Waals surface area contributed by atoms with Gasteiger partial charge in [0.1, 0.15) is 14.2 Å². The van der Waals surface area contributed by atoms with E-state index in [2.05, 4.69) is 34.6 Å². The summed E-state index contributed by atoms with van der Waals surface area (Å²) >= 11 is 12.6. The maximum atomic E-state index is 6.29. The van der Waals surface area contributed by atoms with E-state index in [4.69, 9.17) is 32.9 Å². The van der Waals surface area contributed by atoms with Crippen molar-refractivity contribution in [2.45, 2.75) is 85.0 Å². The number of halogens is 2. The number of anilines is 2. The molecule has 0 bridgehead atoms. The van der Waals surface area contributed by atoms with E-state index >= 15 is 0 Å². The van der Waals surface area contributed by atoms with Gasteiger partial charge in [0.25, 0.3) is 11.0 Å². The predicted octanol–water partition coefficient (Wildman–Crippen LogP) is 8.76. The Bertz CT molecular complexity index is 1390. The van der Waals surface area contributed by atoms with Gasteiger partial charge in [-0.15, -0.1) is 0 Å². The Hall–Kier alpha value is -3.00. The van der Waals surface area contributed by atoms with Crippen molar-refractivity contribution in [3.63, 3.8) is 0 Å². The first-order valence-corrected chi connectivity index (χ1v) is 18.4. The number of unbranched alkanes of at least 4 members (excludes halogenated alkanes) is 9. The average Bonchev–Trinajstić information content (AvgIpc) is 3.09. The quantitative estimate of drug-likeness (QED) is 0.0679. The van der Waals surface area contributed by atoms with Gasteiger partial charge in [-0.1, -0.05) is 102 Å². The normalized spacial score (nSPS) is 11.1. The number of benzene rings is 2. The van der Waals surface area contributed by atoms with Gasteiger partial charge in [-0.05, 0) is 37.2 Å². The van der Waals surface area contributed by atoms with Crippen LogP contribution >= 0.6 is 23.2 Å². The molecular formula is C38H57Cl2N5O2+2. The van der Waals surface area contributed by atoms with E-state index in [1.807, 2.05) is 62.6 Å². The molecule has 0 amide bonds. The standard InChI is InChI=1S/C36H49Cl2N5O2.C2H6/c1-4-5-6-7-8-9-10-11-12-13-22-41(25-20-39-33-18-23-42(44-2)35-27-29(37)14-16-31(33)35)26-21-40-34-19-24-43(45-3)36-28-30(38)15-17-32(34)36;1-2/h14-19,23-24,27-28H,4-13,20-22,25-26H2,1-3H3;1-2H3/p+2. The van der Waals surface area contributed by atoms with Gasteiger partial charge in [-0.25, -0.2) is 0 Å². The fourth-order valence-corrected chi connectivity index (χ4v) is 6.27. The van der Waals surface area contributed by atoms with E-state index < -0.39 is 0 Å². The lowest BCUT2D eigenvalue weighted by atomic mass is 10.1. The molecule has 9 heteroatoms. The zero-order chi connectivity index (χ0) is 33.9. The number of hydrogen-bond acceptors (Lipinski definition) is 5. The van der Waals surface area contributed by atoms with E-state index in [0.717, 1.165) is 65.9 Å². The minimum atomic E-state index is 0.687. The Labute approximate surface area is 293 Å². The third-order valence-corrected chi connectivity index (χ3v) is 8.91. The van der Waals surface area contributed by atoms with Crippen LogP contribution in [0.25, 0.3) is 21.8 Å². The van der Waals surface area contributed by atoms with Crippen LogP contribution in [0.5, 0.6) is 0 Å². The van der Waals surface area contributed by atoms with Crippen molar-refractivity contribution in [1.29, 1.82) is 0 Å². The highest BCUT2D eigenvalue weighted by Crippen LogP contribution is 2.25. The van der Waals surface area contributed by atoms with Crippen LogP contribution in [0.2, 0.25) is 10.0 Å². The molecule has 47 heavy (non-hydrogen) atoms. The molecular weight excluding hydrogens is 629 g/mol. The summed E-state index contributed by atoms with van der Waals surface area (Å²) in [5.41, 5.74) is 4.03. The number of rotatable bonds is 21. The molecule has 0 aliphatic carbocycles. The Morgan fingerprint density at radius 1 is 0.596 bits per heavy atom. The van der Waals surface area contributed by atoms with Crippen molar-refractivity contribution in [3.05, 3.63) is 71.0 Å². The van der Waals surface area contributed by atoms with Gasteiger partial charge in [-0.2, -0.15) is 0 Å². The summed E-state index contributed by atoms with van der Waals surface area (Å²) in [6.45, 7) is 10.9. The van der Waals surface area contributed by atoms with Crippen molar-refractivity contribution >= 4 is 56.4 Å². The maximum Gasteiger partial charge on any atom is 0.268 e. The number of nitrogens with zero attached hydrogens (tertiary/aromatic N) is 3. The van der Waals surface area contributed by atoms with E-state index in [-0.39, 0.29) is 0 Å². The molecule has 0 fully saturated rings. The maximum absolute atomic E-state index is 6.29. The first kappa shape index (κ1) is 38.4. The Balaban J connectivity index is 0.00000294. The van der Waals surface area contributed by atoms with Gasteiger partial charge in [-0.3, -0.25) is 14.6 Å². The van der Waals surface area contributed by atoms with E-state index in [1.165, 1.54) is 64.2 Å². The summed E-state index contributed by atoms with van der Waals surface area (Å²) < 4.78 is 3.48. The molecule has 0 unspecified atom stereocenters. The Morgan fingerprint density at radius 3 is 1.45 bits per heavy atom. The van der Waals surface area contributed by atoms with Gasteiger partial charge >= 0.3 is 0 Å². The average molecular weight is 687 g/mol. The first-order chi connectivity index (χ1) is 23.0. The Morgan fingerprint density at radius 2 is 1.02 bits per heavy atom. The minimum Gasteiger partial charge on any atom is -0.383 e. The van der Waals surface area contributed by atoms with Gasteiger partial charge in [0.05, 0.1) is 22.1 Å². The molecule has 7 nitrogen and oxygen atoms in total. The zero-order valence-electron chi connectivity index (χ0n) is 29.3. The molecule has 2 aromatic heterocycles. The summed E-state index contributed by atoms with van der Waals surface area (Å²) in [5, 5.41) is 10.9. The van der Waals surface area contributed by atoms with Crippen molar-refractivity contribution in [2.75, 3.05) is 57.6 Å². The third kappa shape index (κ3) is 12.2. The van der Waals surface area contributed by atoms with Crippen molar-refractivity contribution < 1.29 is 19.1 Å². The lowest BCUT2D eigenvalue weighted by Crippen LogP contribution is -2.41. The van der Waals surface area contributed by atoms with Crippen molar-refractivity contribution in [3.8, 4) is 0 Å². The Kier molecular flexibility index (Phi) is 17.8. The van der Waals surface area contributed by atoms with E-state index in [9.17, 15) is 0 Å². The monoisotopic (exact) mass is 685 g/mol. The summed E-state index contributed by atoms with van der Waals surface area (Å²) in [6, 6.07) is 15.9. The van der Waals surface area contributed by atoms with Gasteiger partial charge in [0.15, 0.2) is 0 Å². The van der Waals surface area contributed by atoms with E-state index in [1.54, 1.807) is 23.7 Å². The fraction of sp³-hybridized carbons (Fsp3) is 0.526. The molecule has 258 valence electrons. The number of pyridine rings is 2. The van der Waals surface area contributed by atoms with Crippen LogP contribution in [0.15, 0.2) is 60.9 Å². The molecule has 0 spiro atoms. The molecule has 2 heterocycles. The number of hydrogen-bond donors (Lipinski definition) is 2. The molecule has 0 saturated heterocycles. The van der Waals surface area contributed by atoms with Gasteiger partial charge in [0, 0.05) is 70.0 Å². The largest absolute Gasteiger partial charge is 0.383 e. The predicted molar refractivity (Wildman–Crippen MR) is 200 cm³/mol. The van der Waals surface area contributed by atoms with Crippen LogP contribution in [0.4, 0.5) is 11.4 Å². The van der Waals surface area contributed by atoms with Crippen LogP contribution in [0.3, 0.4) is 0 Å². The molecule has 0 aliphatic rings. The molecule has 0 saturated carbocycles. The second-order valence-corrected chi connectivity index (χ2v) is 12.5. The summed E-state index contributed by atoms with van der Waals surface area (Å²) in [7, 11) is 3.32. The second-order valence-electron chi connectivity index (χ2n) is 11.7. The zero-order valence-corrected chi connectivity index (χ0v) is 30.8. The molecule has 2 N–H and O–H groups in total. The third-order valence-electron chi connectivity index (χ3n) is 8.44. The van der Waals surface area contributed by atoms with Crippen LogP contribution in [-0.4, -0.2) is 51.8 Å². The molecule has 4 aromatic rings. The van der Waals surface area contributed by atoms with Gasteiger partial charge < -0.3 is 10.6 Å². The van der Waals surface area contributed by atoms with Crippen LogP contribution in [-0.2, 0) is 0 Å². The fourth-order valence-electron chi connectivity index (χ4n) is 5.94. The first-order valence-electron chi connectivity index (χ1n) is 17.6. The lowest BCUT2D eigenvalue weighted by Gasteiger charge is -2.23.